The van der Waals surface area contributed by atoms with Crippen molar-refractivity contribution >= 4 is 0 Å². The van der Waals surface area contributed by atoms with Gasteiger partial charge in [0.25, 0.3) is 0 Å². The predicted octanol–water partition coefficient (Wildman–Crippen LogP) is 5.71. The fourth-order valence-electron chi connectivity index (χ4n) is 3.92. The summed E-state index contributed by atoms with van der Waals surface area (Å²) in [5.41, 5.74) is 0. The Bertz CT molecular complexity index is 155. The lowest BCUT2D eigenvalue weighted by molar-refractivity contribution is 0.284. The minimum atomic E-state index is 1.11. The summed E-state index contributed by atoms with van der Waals surface area (Å²) in [7, 11) is 0. The van der Waals surface area contributed by atoms with Gasteiger partial charge in [-0.25, -0.2) is 0 Å². The lowest BCUT2D eigenvalue weighted by Gasteiger charge is -2.23. The number of rotatable bonds is 1. The van der Waals surface area contributed by atoms with Gasteiger partial charge >= 0.3 is 0 Å². The monoisotopic (exact) mass is 222 g/mol. The predicted molar refractivity (Wildman–Crippen MR) is 71.6 cm³/mol. The maximum Gasteiger partial charge on any atom is -0.0386 e. The highest BCUT2D eigenvalue weighted by atomic mass is 14.3. The van der Waals surface area contributed by atoms with Crippen LogP contribution in [-0.4, -0.2) is 0 Å². The molecule has 0 nitrogen and oxygen atoms in total. The molecule has 0 N–H and O–H groups in total. The molecule has 2 aliphatic rings. The van der Waals surface area contributed by atoms with Crippen molar-refractivity contribution in [2.24, 2.45) is 11.8 Å². The number of hydrogen-bond donors (Lipinski definition) is 0. The summed E-state index contributed by atoms with van der Waals surface area (Å²) in [5, 5.41) is 0. The van der Waals surface area contributed by atoms with Gasteiger partial charge in [-0.1, -0.05) is 89.9 Å². The summed E-state index contributed by atoms with van der Waals surface area (Å²) in [6.07, 6.45) is 21.4. The highest BCUT2D eigenvalue weighted by Crippen LogP contribution is 2.37. The summed E-state index contributed by atoms with van der Waals surface area (Å²) in [5.74, 6) is 2.24. The van der Waals surface area contributed by atoms with Crippen LogP contribution in [0.2, 0.25) is 0 Å². The summed E-state index contributed by atoms with van der Waals surface area (Å²) in [6.45, 7) is 0. The summed E-state index contributed by atoms with van der Waals surface area (Å²) < 4.78 is 0. The van der Waals surface area contributed by atoms with Gasteiger partial charge in [-0.2, -0.15) is 0 Å². The summed E-state index contributed by atoms with van der Waals surface area (Å²) in [4.78, 5) is 0. The lowest BCUT2D eigenvalue weighted by Crippen LogP contribution is -2.11. The first-order valence-corrected chi connectivity index (χ1v) is 7.97. The van der Waals surface area contributed by atoms with E-state index in [1.807, 2.05) is 0 Å². The molecule has 0 atom stereocenters. The van der Waals surface area contributed by atoms with Gasteiger partial charge in [-0.05, 0) is 11.8 Å². The minimum Gasteiger partial charge on any atom is -0.0533 e. The van der Waals surface area contributed by atoms with Crippen LogP contribution in [0.4, 0.5) is 0 Å². The molecule has 0 aromatic heterocycles. The second-order valence-corrected chi connectivity index (χ2v) is 6.21. The third-order valence-electron chi connectivity index (χ3n) is 4.97. The van der Waals surface area contributed by atoms with Crippen LogP contribution >= 0.6 is 0 Å². The van der Waals surface area contributed by atoms with Crippen LogP contribution in [-0.2, 0) is 0 Å². The standard InChI is InChI=1S/C16H30/c1-2-4-6-8-12-15(11-7-5-3-1)16-13-9-10-14-16/h15-16H,1-14H2. The molecule has 0 saturated heterocycles. The van der Waals surface area contributed by atoms with Crippen molar-refractivity contribution in [1.82, 2.24) is 0 Å². The molecule has 94 valence electrons. The third kappa shape index (κ3) is 4.11. The quantitative estimate of drug-likeness (QED) is 0.533. The SMILES string of the molecule is C1CCCCCC(C2CCCC2)CCCC1. The van der Waals surface area contributed by atoms with Crippen molar-refractivity contribution < 1.29 is 0 Å². The van der Waals surface area contributed by atoms with E-state index in [-0.39, 0.29) is 0 Å². The smallest absolute Gasteiger partial charge is 0.0386 e. The zero-order valence-electron chi connectivity index (χ0n) is 11.1. The van der Waals surface area contributed by atoms with Crippen LogP contribution in [0.1, 0.15) is 89.9 Å². The minimum absolute atomic E-state index is 1.11. The molecule has 0 aromatic rings. The zero-order chi connectivity index (χ0) is 11.1. The molecule has 0 spiro atoms. The molecule has 0 aromatic carbocycles. The van der Waals surface area contributed by atoms with E-state index in [0.29, 0.717) is 0 Å². The molecule has 0 aliphatic heterocycles. The average Bonchev–Trinajstić information content (AvgIpc) is 2.79. The van der Waals surface area contributed by atoms with E-state index in [2.05, 4.69) is 0 Å². The van der Waals surface area contributed by atoms with Gasteiger partial charge in [-0.3, -0.25) is 0 Å². The zero-order valence-corrected chi connectivity index (χ0v) is 11.1. The van der Waals surface area contributed by atoms with Crippen molar-refractivity contribution in [2.75, 3.05) is 0 Å². The lowest BCUT2D eigenvalue weighted by atomic mass is 9.83. The molecular formula is C16H30. The van der Waals surface area contributed by atoms with E-state index in [9.17, 15) is 0 Å². The second kappa shape index (κ2) is 7.35. The third-order valence-corrected chi connectivity index (χ3v) is 4.97. The highest BCUT2D eigenvalue weighted by Gasteiger charge is 2.24. The van der Waals surface area contributed by atoms with Gasteiger partial charge in [0.2, 0.25) is 0 Å². The first-order valence-electron chi connectivity index (χ1n) is 7.97. The van der Waals surface area contributed by atoms with Crippen LogP contribution in [0.15, 0.2) is 0 Å². The molecule has 2 rings (SSSR count). The van der Waals surface area contributed by atoms with Crippen LogP contribution in [0, 0.1) is 11.8 Å². The molecule has 2 aliphatic carbocycles. The molecule has 0 heterocycles. The van der Waals surface area contributed by atoms with Crippen LogP contribution in [0.5, 0.6) is 0 Å². The van der Waals surface area contributed by atoms with Crippen molar-refractivity contribution in [1.29, 1.82) is 0 Å². The van der Waals surface area contributed by atoms with E-state index in [1.54, 1.807) is 25.7 Å². The molecule has 2 saturated carbocycles. The Kier molecular flexibility index (Phi) is 5.72. The normalized spacial score (nSPS) is 27.8. The van der Waals surface area contributed by atoms with E-state index >= 15 is 0 Å². The van der Waals surface area contributed by atoms with Gasteiger partial charge in [0.15, 0.2) is 0 Å². The molecule has 0 bridgehead atoms. The van der Waals surface area contributed by atoms with Gasteiger partial charge in [0, 0.05) is 0 Å². The first kappa shape index (κ1) is 12.5. The van der Waals surface area contributed by atoms with Crippen molar-refractivity contribution in [3.8, 4) is 0 Å². The molecule has 0 amide bonds. The number of hydrogen-bond acceptors (Lipinski definition) is 0. The highest BCUT2D eigenvalue weighted by molar-refractivity contribution is 4.76. The topological polar surface area (TPSA) is 0 Å². The Hall–Kier alpha value is 0. The Morgan fingerprint density at radius 2 is 0.562 bits per heavy atom. The maximum atomic E-state index is 1.56. The van der Waals surface area contributed by atoms with Gasteiger partial charge in [0.1, 0.15) is 0 Å². The van der Waals surface area contributed by atoms with Crippen molar-refractivity contribution in [2.45, 2.75) is 89.9 Å². The molecule has 0 radical (unpaired) electrons. The molecule has 2 fully saturated rings. The van der Waals surface area contributed by atoms with Gasteiger partial charge < -0.3 is 0 Å². The Morgan fingerprint density at radius 1 is 0.312 bits per heavy atom. The average molecular weight is 222 g/mol. The second-order valence-electron chi connectivity index (χ2n) is 6.21. The molecule has 16 heavy (non-hydrogen) atoms. The Balaban J connectivity index is 1.77. The first-order chi connectivity index (χ1) is 7.97. The van der Waals surface area contributed by atoms with Crippen molar-refractivity contribution in [3.05, 3.63) is 0 Å². The molecular weight excluding hydrogens is 192 g/mol. The maximum absolute atomic E-state index is 1.56. The Morgan fingerprint density at radius 3 is 0.938 bits per heavy atom. The van der Waals surface area contributed by atoms with E-state index in [4.69, 9.17) is 0 Å². The largest absolute Gasteiger partial charge is 0.0533 e. The van der Waals surface area contributed by atoms with Crippen molar-refractivity contribution in [3.63, 3.8) is 0 Å². The van der Waals surface area contributed by atoms with E-state index in [0.717, 1.165) is 11.8 Å². The summed E-state index contributed by atoms with van der Waals surface area (Å²) >= 11 is 0. The van der Waals surface area contributed by atoms with E-state index < -0.39 is 0 Å². The summed E-state index contributed by atoms with van der Waals surface area (Å²) in [6, 6.07) is 0. The fraction of sp³-hybridized carbons (Fsp3) is 1.00. The van der Waals surface area contributed by atoms with Gasteiger partial charge in [0.05, 0.1) is 0 Å². The Labute approximate surface area is 102 Å². The molecule has 0 unspecified atom stereocenters. The van der Waals surface area contributed by atoms with Crippen LogP contribution in [0.25, 0.3) is 0 Å². The van der Waals surface area contributed by atoms with Gasteiger partial charge in [-0.15, -0.1) is 0 Å². The fourth-order valence-corrected chi connectivity index (χ4v) is 3.92. The van der Waals surface area contributed by atoms with Crippen LogP contribution < -0.4 is 0 Å². The molecule has 0 heteroatoms. The van der Waals surface area contributed by atoms with E-state index in [1.165, 1.54) is 64.2 Å². The van der Waals surface area contributed by atoms with Crippen LogP contribution in [0.3, 0.4) is 0 Å².